The van der Waals surface area contributed by atoms with E-state index in [0.29, 0.717) is 10.4 Å². The molecule has 0 bridgehead atoms. The van der Waals surface area contributed by atoms with Crippen LogP contribution in [0.25, 0.3) is 0 Å². The van der Waals surface area contributed by atoms with Gasteiger partial charge in [-0.05, 0) is 36.5 Å². The minimum Gasteiger partial charge on any atom is -0.341 e. The second-order valence-electron chi connectivity index (χ2n) is 6.20. The molecule has 108 valence electrons. The Morgan fingerprint density at radius 3 is 2.45 bits per heavy atom. The maximum absolute atomic E-state index is 5.84. The molecule has 0 saturated carbocycles. The lowest BCUT2D eigenvalue weighted by molar-refractivity contribution is 0.124. The van der Waals surface area contributed by atoms with Crippen LogP contribution in [0.3, 0.4) is 0 Å². The van der Waals surface area contributed by atoms with E-state index >= 15 is 0 Å². The SMILES string of the molecule is CC[C@@H]1C=C[C@]1(C)C1CCN(c2ncc(Cl)cn2)CC1. The maximum Gasteiger partial charge on any atom is 0.225 e. The van der Waals surface area contributed by atoms with Gasteiger partial charge in [-0.15, -0.1) is 0 Å². The van der Waals surface area contributed by atoms with Crippen molar-refractivity contribution < 1.29 is 0 Å². The number of hydrogen-bond acceptors (Lipinski definition) is 3. The summed E-state index contributed by atoms with van der Waals surface area (Å²) in [5.74, 6) is 2.38. The van der Waals surface area contributed by atoms with E-state index in [1.54, 1.807) is 12.4 Å². The lowest BCUT2D eigenvalue weighted by Gasteiger charge is -2.49. The summed E-state index contributed by atoms with van der Waals surface area (Å²) in [7, 11) is 0. The molecule has 1 aromatic rings. The highest BCUT2D eigenvalue weighted by Gasteiger charge is 2.43. The molecular formula is C16H22ClN3. The molecule has 1 aliphatic carbocycles. The van der Waals surface area contributed by atoms with Crippen molar-refractivity contribution in [2.75, 3.05) is 18.0 Å². The van der Waals surface area contributed by atoms with Crippen molar-refractivity contribution in [3.05, 3.63) is 29.6 Å². The molecule has 2 aliphatic rings. The topological polar surface area (TPSA) is 29.0 Å². The Morgan fingerprint density at radius 1 is 1.30 bits per heavy atom. The van der Waals surface area contributed by atoms with Gasteiger partial charge in [0, 0.05) is 13.1 Å². The van der Waals surface area contributed by atoms with Crippen LogP contribution >= 0.6 is 11.6 Å². The van der Waals surface area contributed by atoms with Crippen LogP contribution in [0.2, 0.25) is 5.02 Å². The molecule has 2 heterocycles. The van der Waals surface area contributed by atoms with Gasteiger partial charge >= 0.3 is 0 Å². The van der Waals surface area contributed by atoms with Crippen molar-refractivity contribution >= 4 is 17.5 Å². The first-order valence-electron chi connectivity index (χ1n) is 7.55. The molecule has 0 radical (unpaired) electrons. The fourth-order valence-corrected chi connectivity index (χ4v) is 3.82. The first-order chi connectivity index (χ1) is 9.63. The Hall–Kier alpha value is -1.09. The van der Waals surface area contributed by atoms with Crippen LogP contribution in [-0.2, 0) is 0 Å². The van der Waals surface area contributed by atoms with E-state index in [2.05, 4.69) is 40.9 Å². The summed E-state index contributed by atoms with van der Waals surface area (Å²) in [6.45, 7) is 6.82. The van der Waals surface area contributed by atoms with Crippen LogP contribution in [0.1, 0.15) is 33.1 Å². The number of anilines is 1. The Balaban J connectivity index is 1.63. The second kappa shape index (κ2) is 5.36. The van der Waals surface area contributed by atoms with Crippen LogP contribution < -0.4 is 4.90 Å². The molecule has 1 aliphatic heterocycles. The molecule has 1 saturated heterocycles. The number of nitrogens with zero attached hydrogens (tertiary/aromatic N) is 3. The van der Waals surface area contributed by atoms with E-state index in [1.165, 1.54) is 19.3 Å². The first kappa shape index (κ1) is 13.9. The monoisotopic (exact) mass is 291 g/mol. The number of hydrogen-bond donors (Lipinski definition) is 0. The molecule has 1 fully saturated rings. The summed E-state index contributed by atoms with van der Waals surface area (Å²) in [4.78, 5) is 10.9. The minimum absolute atomic E-state index is 0.418. The van der Waals surface area contributed by atoms with Gasteiger partial charge in [-0.3, -0.25) is 0 Å². The third kappa shape index (κ3) is 2.32. The number of rotatable bonds is 3. The molecule has 0 amide bonds. The quantitative estimate of drug-likeness (QED) is 0.790. The summed E-state index contributed by atoms with van der Waals surface area (Å²) in [5, 5.41) is 0.599. The standard InChI is InChI=1S/C16H22ClN3/c1-3-12-4-7-16(12,2)13-5-8-20(9-6-13)15-18-10-14(17)11-19-15/h4,7,10-13H,3,5-6,8-9H2,1-2H3/t12-,16+/m1/s1. The Morgan fingerprint density at radius 2 is 1.95 bits per heavy atom. The van der Waals surface area contributed by atoms with Gasteiger partial charge in [0.25, 0.3) is 0 Å². The van der Waals surface area contributed by atoms with E-state index in [1.807, 2.05) is 0 Å². The van der Waals surface area contributed by atoms with Crippen molar-refractivity contribution in [3.63, 3.8) is 0 Å². The van der Waals surface area contributed by atoms with Crippen molar-refractivity contribution in [2.24, 2.45) is 17.3 Å². The first-order valence-corrected chi connectivity index (χ1v) is 7.93. The van der Waals surface area contributed by atoms with E-state index in [-0.39, 0.29) is 0 Å². The van der Waals surface area contributed by atoms with Crippen LogP contribution in [0, 0.1) is 17.3 Å². The molecule has 1 aromatic heterocycles. The highest BCUT2D eigenvalue weighted by Crippen LogP contribution is 2.50. The molecule has 0 spiro atoms. The fraction of sp³-hybridized carbons (Fsp3) is 0.625. The third-order valence-electron chi connectivity index (χ3n) is 5.19. The minimum atomic E-state index is 0.418. The van der Waals surface area contributed by atoms with E-state index in [4.69, 9.17) is 11.6 Å². The largest absolute Gasteiger partial charge is 0.341 e. The van der Waals surface area contributed by atoms with Crippen molar-refractivity contribution in [1.29, 1.82) is 0 Å². The van der Waals surface area contributed by atoms with Gasteiger partial charge in [0.1, 0.15) is 0 Å². The molecule has 3 nitrogen and oxygen atoms in total. The predicted octanol–water partition coefficient (Wildman–Crippen LogP) is 3.95. The van der Waals surface area contributed by atoms with Gasteiger partial charge in [0.05, 0.1) is 17.4 Å². The summed E-state index contributed by atoms with van der Waals surface area (Å²) in [5.41, 5.74) is 0.418. The smallest absolute Gasteiger partial charge is 0.225 e. The van der Waals surface area contributed by atoms with Crippen molar-refractivity contribution in [3.8, 4) is 0 Å². The second-order valence-corrected chi connectivity index (χ2v) is 6.64. The predicted molar refractivity (Wildman–Crippen MR) is 83.0 cm³/mol. The molecule has 0 N–H and O–H groups in total. The molecule has 3 rings (SSSR count). The highest BCUT2D eigenvalue weighted by molar-refractivity contribution is 6.30. The zero-order chi connectivity index (χ0) is 14.2. The van der Waals surface area contributed by atoms with Gasteiger partial charge < -0.3 is 4.90 Å². The highest BCUT2D eigenvalue weighted by atomic mass is 35.5. The molecule has 0 unspecified atom stereocenters. The molecule has 2 atom stereocenters. The van der Waals surface area contributed by atoms with Crippen LogP contribution in [-0.4, -0.2) is 23.1 Å². The van der Waals surface area contributed by atoms with Crippen molar-refractivity contribution in [2.45, 2.75) is 33.1 Å². The summed E-state index contributed by atoms with van der Waals surface area (Å²) < 4.78 is 0. The fourth-order valence-electron chi connectivity index (χ4n) is 3.72. The zero-order valence-corrected chi connectivity index (χ0v) is 13.0. The van der Waals surface area contributed by atoms with Gasteiger partial charge in [0.15, 0.2) is 0 Å². The lowest BCUT2D eigenvalue weighted by Crippen LogP contribution is -2.45. The molecule has 0 aromatic carbocycles. The Labute approximate surface area is 126 Å². The molecular weight excluding hydrogens is 270 g/mol. The van der Waals surface area contributed by atoms with Crippen molar-refractivity contribution in [1.82, 2.24) is 9.97 Å². The molecule has 4 heteroatoms. The van der Waals surface area contributed by atoms with Gasteiger partial charge in [-0.2, -0.15) is 0 Å². The van der Waals surface area contributed by atoms with Gasteiger partial charge in [-0.1, -0.05) is 37.6 Å². The summed E-state index contributed by atoms with van der Waals surface area (Å²) in [6.07, 6.45) is 11.9. The van der Waals surface area contributed by atoms with Gasteiger partial charge in [0.2, 0.25) is 5.95 Å². The lowest BCUT2D eigenvalue weighted by atomic mass is 9.58. The number of halogens is 1. The van der Waals surface area contributed by atoms with E-state index < -0.39 is 0 Å². The van der Waals surface area contributed by atoms with Gasteiger partial charge in [-0.25, -0.2) is 9.97 Å². The average Bonchev–Trinajstić information content (AvgIpc) is 2.47. The Bertz CT molecular complexity index is 491. The van der Waals surface area contributed by atoms with Crippen LogP contribution in [0.4, 0.5) is 5.95 Å². The number of piperidine rings is 1. The van der Waals surface area contributed by atoms with E-state index in [0.717, 1.165) is 30.9 Å². The number of aromatic nitrogens is 2. The maximum atomic E-state index is 5.84. The molecule has 20 heavy (non-hydrogen) atoms. The van der Waals surface area contributed by atoms with E-state index in [9.17, 15) is 0 Å². The van der Waals surface area contributed by atoms with Crippen LogP contribution in [0.5, 0.6) is 0 Å². The summed E-state index contributed by atoms with van der Waals surface area (Å²) in [6, 6.07) is 0. The normalized spacial score (nSPS) is 30.4. The number of allylic oxidation sites excluding steroid dienone is 2. The zero-order valence-electron chi connectivity index (χ0n) is 12.2. The average molecular weight is 292 g/mol. The van der Waals surface area contributed by atoms with Crippen LogP contribution in [0.15, 0.2) is 24.5 Å². The Kier molecular flexibility index (Phi) is 3.72. The summed E-state index contributed by atoms with van der Waals surface area (Å²) >= 11 is 5.84. The third-order valence-corrected chi connectivity index (χ3v) is 5.39.